The van der Waals surface area contributed by atoms with E-state index in [9.17, 15) is 14.7 Å². The second-order valence-corrected chi connectivity index (χ2v) is 6.24. The molecule has 2 N–H and O–H groups in total. The largest absolute Gasteiger partial charge is 0.465 e. The minimum absolute atomic E-state index is 0.154. The Bertz CT molecular complexity index is 604. The van der Waals surface area contributed by atoms with Crippen molar-refractivity contribution in [2.24, 2.45) is 0 Å². The van der Waals surface area contributed by atoms with E-state index in [4.69, 9.17) is 9.47 Å². The first-order chi connectivity index (χ1) is 10.9. The van der Waals surface area contributed by atoms with Crippen LogP contribution in [0.3, 0.4) is 0 Å². The number of benzene rings is 1. The first kappa shape index (κ1) is 15.8. The van der Waals surface area contributed by atoms with Crippen LogP contribution >= 0.6 is 0 Å². The van der Waals surface area contributed by atoms with Crippen molar-refractivity contribution in [2.45, 2.75) is 44.4 Å². The number of hydrogen-bond acceptors (Lipinski definition) is 4. The Morgan fingerprint density at radius 3 is 2.61 bits per heavy atom. The van der Waals surface area contributed by atoms with Crippen LogP contribution in [0.1, 0.15) is 19.4 Å². The smallest absolute Gasteiger partial charge is 0.408 e. The first-order valence-electron chi connectivity index (χ1n) is 7.53. The Hall–Kier alpha value is -2.12. The number of amides is 2. The highest BCUT2D eigenvalue weighted by atomic mass is 16.7. The van der Waals surface area contributed by atoms with E-state index in [2.05, 4.69) is 5.32 Å². The van der Waals surface area contributed by atoms with Crippen molar-refractivity contribution in [3.63, 3.8) is 0 Å². The van der Waals surface area contributed by atoms with Gasteiger partial charge >= 0.3 is 6.09 Å². The van der Waals surface area contributed by atoms with Gasteiger partial charge in [0.1, 0.15) is 12.1 Å². The Kier molecular flexibility index (Phi) is 3.99. The lowest BCUT2D eigenvalue weighted by Gasteiger charge is -2.44. The molecule has 0 aromatic heterocycles. The van der Waals surface area contributed by atoms with Crippen molar-refractivity contribution in [1.29, 1.82) is 0 Å². The van der Waals surface area contributed by atoms with Crippen LogP contribution in [0.4, 0.5) is 4.79 Å². The average Bonchev–Trinajstić information content (AvgIpc) is 2.84. The van der Waals surface area contributed by atoms with Crippen LogP contribution in [0.2, 0.25) is 0 Å². The minimum Gasteiger partial charge on any atom is -0.465 e. The second kappa shape index (κ2) is 5.82. The summed E-state index contributed by atoms with van der Waals surface area (Å²) in [7, 11) is 0. The molecule has 2 saturated heterocycles. The van der Waals surface area contributed by atoms with Crippen LogP contribution in [-0.2, 0) is 20.8 Å². The van der Waals surface area contributed by atoms with Crippen LogP contribution in [0.5, 0.6) is 0 Å². The van der Waals surface area contributed by atoms with E-state index in [0.29, 0.717) is 6.61 Å². The molecule has 1 aromatic rings. The fourth-order valence-electron chi connectivity index (χ4n) is 2.98. The molecular formula is C16H20N2O5. The SMILES string of the molecule is CC1(C)OC[C@H]([C@@H]2NC(=O)[C@@H]2N(Cc2ccccc2)C(=O)O)O1. The van der Waals surface area contributed by atoms with Crippen molar-refractivity contribution in [1.82, 2.24) is 10.2 Å². The number of nitrogens with zero attached hydrogens (tertiary/aromatic N) is 1. The van der Waals surface area contributed by atoms with E-state index in [-0.39, 0.29) is 18.6 Å². The van der Waals surface area contributed by atoms with E-state index in [1.807, 2.05) is 30.3 Å². The number of carbonyl (C=O) groups excluding carboxylic acids is 1. The topological polar surface area (TPSA) is 88.1 Å². The zero-order chi connectivity index (χ0) is 16.6. The molecule has 3 atom stereocenters. The molecule has 2 aliphatic rings. The molecule has 124 valence electrons. The second-order valence-electron chi connectivity index (χ2n) is 6.24. The van der Waals surface area contributed by atoms with Crippen molar-refractivity contribution < 1.29 is 24.2 Å². The Morgan fingerprint density at radius 1 is 1.39 bits per heavy atom. The molecule has 0 aliphatic carbocycles. The molecular weight excluding hydrogens is 300 g/mol. The maximum Gasteiger partial charge on any atom is 0.408 e. The molecule has 0 unspecified atom stereocenters. The lowest BCUT2D eigenvalue weighted by Crippen LogP contribution is -2.73. The molecule has 2 amide bonds. The van der Waals surface area contributed by atoms with Gasteiger partial charge in [0, 0.05) is 6.54 Å². The maximum absolute atomic E-state index is 12.0. The van der Waals surface area contributed by atoms with E-state index in [1.54, 1.807) is 13.8 Å². The van der Waals surface area contributed by atoms with Crippen molar-refractivity contribution in [3.05, 3.63) is 35.9 Å². The third-order valence-electron chi connectivity index (χ3n) is 4.13. The van der Waals surface area contributed by atoms with E-state index in [1.165, 1.54) is 0 Å². The third kappa shape index (κ3) is 3.16. The van der Waals surface area contributed by atoms with Crippen molar-refractivity contribution in [2.75, 3.05) is 6.61 Å². The van der Waals surface area contributed by atoms with Crippen LogP contribution in [0.15, 0.2) is 30.3 Å². The quantitative estimate of drug-likeness (QED) is 0.814. The predicted octanol–water partition coefficient (Wildman–Crippen LogP) is 1.19. The molecule has 0 bridgehead atoms. The lowest BCUT2D eigenvalue weighted by atomic mass is 9.92. The highest BCUT2D eigenvalue weighted by Crippen LogP contribution is 2.30. The number of ether oxygens (including phenoxy) is 2. The monoisotopic (exact) mass is 320 g/mol. The molecule has 2 heterocycles. The molecule has 0 spiro atoms. The molecule has 23 heavy (non-hydrogen) atoms. The molecule has 3 rings (SSSR count). The summed E-state index contributed by atoms with van der Waals surface area (Å²) in [6, 6.07) is 8.03. The van der Waals surface area contributed by atoms with Gasteiger partial charge < -0.3 is 19.9 Å². The summed E-state index contributed by atoms with van der Waals surface area (Å²) in [5.41, 5.74) is 0.831. The summed E-state index contributed by atoms with van der Waals surface area (Å²) in [6.07, 6.45) is -1.48. The molecule has 2 fully saturated rings. The fraction of sp³-hybridized carbons (Fsp3) is 0.500. The van der Waals surface area contributed by atoms with Crippen molar-refractivity contribution >= 4 is 12.0 Å². The summed E-state index contributed by atoms with van der Waals surface area (Å²) < 4.78 is 11.3. The summed E-state index contributed by atoms with van der Waals surface area (Å²) in [6.45, 7) is 4.07. The van der Waals surface area contributed by atoms with Crippen LogP contribution in [-0.4, -0.2) is 52.6 Å². The van der Waals surface area contributed by atoms with Crippen LogP contribution < -0.4 is 5.32 Å². The number of hydrogen-bond donors (Lipinski definition) is 2. The minimum atomic E-state index is -1.13. The Labute approximate surface area is 134 Å². The third-order valence-corrected chi connectivity index (χ3v) is 4.13. The number of rotatable bonds is 4. The summed E-state index contributed by atoms with van der Waals surface area (Å²) >= 11 is 0. The van der Waals surface area contributed by atoms with E-state index in [0.717, 1.165) is 10.5 Å². The highest BCUT2D eigenvalue weighted by Gasteiger charge is 2.52. The van der Waals surface area contributed by atoms with Gasteiger partial charge in [0.15, 0.2) is 5.79 Å². The van der Waals surface area contributed by atoms with Crippen LogP contribution in [0.25, 0.3) is 0 Å². The standard InChI is InChI=1S/C16H20N2O5/c1-16(2)22-9-11(23-16)12-13(14(19)17-12)18(15(20)21)8-10-6-4-3-5-7-10/h3-7,11-13H,8-9H2,1-2H3,(H,17,19)(H,20,21)/t11-,12+,13-/m1/s1. The summed E-state index contributed by atoms with van der Waals surface area (Å²) in [5, 5.41) is 12.3. The van der Waals surface area contributed by atoms with Gasteiger partial charge in [-0.15, -0.1) is 0 Å². The molecule has 7 heteroatoms. The fourth-order valence-corrected chi connectivity index (χ4v) is 2.98. The molecule has 0 radical (unpaired) electrons. The highest BCUT2D eigenvalue weighted by molar-refractivity contribution is 5.92. The van der Waals surface area contributed by atoms with Gasteiger partial charge in [-0.2, -0.15) is 0 Å². The van der Waals surface area contributed by atoms with Gasteiger partial charge in [-0.25, -0.2) is 4.79 Å². The van der Waals surface area contributed by atoms with Gasteiger partial charge in [0.25, 0.3) is 0 Å². The summed E-state index contributed by atoms with van der Waals surface area (Å²) in [4.78, 5) is 24.8. The molecule has 0 saturated carbocycles. The van der Waals surface area contributed by atoms with Gasteiger partial charge in [0.05, 0.1) is 12.6 Å². The Morgan fingerprint density at radius 2 is 2.09 bits per heavy atom. The number of carboxylic acid groups (broad SMARTS) is 1. The number of carbonyl (C=O) groups is 2. The Balaban J connectivity index is 1.75. The maximum atomic E-state index is 12.0. The number of β-lactam (4-membered cyclic amide) rings is 1. The van der Waals surface area contributed by atoms with E-state index >= 15 is 0 Å². The summed E-state index contributed by atoms with van der Waals surface area (Å²) in [5.74, 6) is -1.02. The first-order valence-corrected chi connectivity index (χ1v) is 7.53. The number of nitrogens with one attached hydrogen (secondary N) is 1. The van der Waals surface area contributed by atoms with Gasteiger partial charge in [-0.1, -0.05) is 30.3 Å². The predicted molar refractivity (Wildman–Crippen MR) is 80.6 cm³/mol. The molecule has 7 nitrogen and oxygen atoms in total. The molecule has 1 aromatic carbocycles. The van der Waals surface area contributed by atoms with Crippen molar-refractivity contribution in [3.8, 4) is 0 Å². The average molecular weight is 320 g/mol. The van der Waals surface area contributed by atoms with Gasteiger partial charge in [0.2, 0.25) is 5.91 Å². The lowest BCUT2D eigenvalue weighted by molar-refractivity contribution is -0.158. The van der Waals surface area contributed by atoms with E-state index < -0.39 is 24.0 Å². The van der Waals surface area contributed by atoms with Gasteiger partial charge in [-0.05, 0) is 19.4 Å². The zero-order valence-corrected chi connectivity index (χ0v) is 13.1. The zero-order valence-electron chi connectivity index (χ0n) is 13.1. The van der Waals surface area contributed by atoms with Crippen LogP contribution in [0, 0.1) is 0 Å². The van der Waals surface area contributed by atoms with Gasteiger partial charge in [-0.3, -0.25) is 9.69 Å². The molecule has 2 aliphatic heterocycles. The normalized spacial score (nSPS) is 28.8.